The maximum atomic E-state index is 12.8. The van der Waals surface area contributed by atoms with Crippen molar-refractivity contribution in [3.63, 3.8) is 0 Å². The second-order valence-electron chi connectivity index (χ2n) is 7.49. The number of amides is 1. The molecular weight excluding hydrogens is 362 g/mol. The molecule has 0 saturated carbocycles. The molecule has 1 aliphatic rings. The van der Waals surface area contributed by atoms with Gasteiger partial charge in [-0.15, -0.1) is 0 Å². The van der Waals surface area contributed by atoms with Gasteiger partial charge in [0.05, 0.1) is 16.8 Å². The van der Waals surface area contributed by atoms with E-state index in [1.54, 1.807) is 0 Å². The van der Waals surface area contributed by atoms with E-state index in [1.807, 2.05) is 27.7 Å². The Balaban J connectivity index is 2.39. The van der Waals surface area contributed by atoms with Crippen molar-refractivity contribution < 1.29 is 32.4 Å². The highest BCUT2D eigenvalue weighted by Gasteiger charge is 2.52. The summed E-state index contributed by atoms with van der Waals surface area (Å²) in [5.41, 5.74) is -1.57. The zero-order valence-electron chi connectivity index (χ0n) is 15.9. The van der Waals surface area contributed by atoms with Gasteiger partial charge >= 0.3 is 13.3 Å². The third kappa shape index (κ3) is 4.84. The molecule has 1 aromatic rings. The number of nitrogens with one attached hydrogen (secondary N) is 1. The molecule has 0 aliphatic carbocycles. The van der Waals surface area contributed by atoms with E-state index in [0.717, 1.165) is 12.1 Å². The van der Waals surface area contributed by atoms with E-state index in [0.29, 0.717) is 11.5 Å². The van der Waals surface area contributed by atoms with Crippen LogP contribution in [0.5, 0.6) is 5.75 Å². The van der Waals surface area contributed by atoms with Crippen LogP contribution < -0.4 is 5.32 Å². The summed E-state index contributed by atoms with van der Waals surface area (Å²) in [5, 5.41) is 12.6. The second kappa shape index (κ2) is 7.20. The smallest absolute Gasteiger partial charge is 0.492 e. The lowest BCUT2D eigenvalue weighted by molar-refractivity contribution is -0.137. The molecule has 1 saturated heterocycles. The molecule has 0 bridgehead atoms. The molecule has 148 valence electrons. The molecule has 0 spiro atoms. The van der Waals surface area contributed by atoms with E-state index in [-0.39, 0.29) is 18.0 Å². The van der Waals surface area contributed by atoms with Gasteiger partial charge in [0.1, 0.15) is 5.75 Å². The van der Waals surface area contributed by atoms with Crippen LogP contribution in [0.1, 0.15) is 45.7 Å². The normalized spacial score (nSPS) is 19.3. The van der Waals surface area contributed by atoms with Gasteiger partial charge in [0.25, 0.3) is 0 Å². The Morgan fingerprint density at radius 3 is 2.22 bits per heavy atom. The molecule has 0 aromatic heterocycles. The molecule has 1 aliphatic heterocycles. The summed E-state index contributed by atoms with van der Waals surface area (Å²) >= 11 is 0. The maximum absolute atomic E-state index is 12.8. The van der Waals surface area contributed by atoms with Gasteiger partial charge in [-0.1, -0.05) is 12.1 Å². The van der Waals surface area contributed by atoms with Gasteiger partial charge in [-0.3, -0.25) is 4.79 Å². The number of hydrogen-bond acceptors (Lipinski definition) is 4. The first-order valence-electron chi connectivity index (χ1n) is 8.44. The lowest BCUT2D eigenvalue weighted by atomic mass is 9.77. The van der Waals surface area contributed by atoms with Crippen LogP contribution in [0.3, 0.4) is 0 Å². The summed E-state index contributed by atoms with van der Waals surface area (Å²) in [6, 6.07) is 2.70. The molecule has 9 heteroatoms. The quantitative estimate of drug-likeness (QED) is 0.778. The summed E-state index contributed by atoms with van der Waals surface area (Å²) in [6.07, 6.45) is -3.09. The summed E-state index contributed by atoms with van der Waals surface area (Å²) in [7, 11) is -0.816. The molecule has 0 radical (unpaired) electrons. The number of phenolic OH excluding ortho intramolecular Hbond substituents is 1. The Kier molecular flexibility index (Phi) is 5.68. The Hall–Kier alpha value is -2.00. The van der Waals surface area contributed by atoms with Crippen molar-refractivity contribution in [2.45, 2.75) is 52.0 Å². The van der Waals surface area contributed by atoms with Gasteiger partial charge in [0.15, 0.2) is 0 Å². The fourth-order valence-electron chi connectivity index (χ4n) is 2.47. The highest BCUT2D eigenvalue weighted by Crippen LogP contribution is 2.39. The van der Waals surface area contributed by atoms with E-state index in [1.165, 1.54) is 13.0 Å². The van der Waals surface area contributed by atoms with Crippen LogP contribution in [0.2, 0.25) is 0 Å². The molecule has 1 amide bonds. The number of carbonyl (C=O) groups is 1. The van der Waals surface area contributed by atoms with Gasteiger partial charge < -0.3 is 19.7 Å². The van der Waals surface area contributed by atoms with Crippen LogP contribution in [0.25, 0.3) is 6.08 Å². The number of phenols is 1. The molecule has 1 aromatic carbocycles. The third-order valence-corrected chi connectivity index (χ3v) is 4.80. The Morgan fingerprint density at radius 2 is 1.78 bits per heavy atom. The van der Waals surface area contributed by atoms with Gasteiger partial charge in [-0.05, 0) is 45.3 Å². The van der Waals surface area contributed by atoms with Crippen LogP contribution in [-0.4, -0.2) is 35.9 Å². The monoisotopic (exact) mass is 385 g/mol. The third-order valence-electron chi connectivity index (χ3n) is 4.80. The van der Waals surface area contributed by atoms with Gasteiger partial charge in [0, 0.05) is 19.0 Å². The van der Waals surface area contributed by atoms with Crippen molar-refractivity contribution >= 4 is 19.1 Å². The maximum Gasteiger partial charge on any atom is 0.492 e. The molecule has 27 heavy (non-hydrogen) atoms. The average molecular weight is 385 g/mol. The van der Waals surface area contributed by atoms with E-state index in [2.05, 4.69) is 5.32 Å². The number of hydrogen-bond donors (Lipinski definition) is 2. The number of benzene rings is 1. The van der Waals surface area contributed by atoms with Gasteiger partial charge in [0.2, 0.25) is 5.91 Å². The number of carbonyl (C=O) groups excluding carboxylic acids is 1. The summed E-state index contributed by atoms with van der Waals surface area (Å²) in [4.78, 5) is 11.3. The Labute approximate surface area is 156 Å². The highest BCUT2D eigenvalue weighted by atomic mass is 19.4. The summed E-state index contributed by atoms with van der Waals surface area (Å²) in [5.74, 6) is -0.810. The molecule has 2 rings (SSSR count). The number of rotatable bonds is 4. The Morgan fingerprint density at radius 1 is 1.22 bits per heavy atom. The summed E-state index contributed by atoms with van der Waals surface area (Å²) in [6.45, 7) is 8.85. The molecular formula is C18H23BF3NO4. The van der Waals surface area contributed by atoms with Crippen LogP contribution in [-0.2, 0) is 20.3 Å². The minimum atomic E-state index is -4.55. The predicted molar refractivity (Wildman–Crippen MR) is 95.9 cm³/mol. The van der Waals surface area contributed by atoms with Crippen LogP contribution in [0.4, 0.5) is 13.2 Å². The van der Waals surface area contributed by atoms with E-state index in [9.17, 15) is 23.1 Å². The Bertz CT molecular complexity index is 743. The van der Waals surface area contributed by atoms with Crippen molar-refractivity contribution in [2.24, 2.45) is 0 Å². The molecule has 1 heterocycles. The van der Waals surface area contributed by atoms with E-state index >= 15 is 0 Å². The molecule has 1 fully saturated rings. The largest absolute Gasteiger partial charge is 0.507 e. The topological polar surface area (TPSA) is 67.8 Å². The van der Waals surface area contributed by atoms with Gasteiger partial charge in [-0.2, -0.15) is 13.2 Å². The molecule has 5 nitrogen and oxygen atoms in total. The first-order valence-corrected chi connectivity index (χ1v) is 8.44. The van der Waals surface area contributed by atoms with Crippen molar-refractivity contribution in [1.29, 1.82) is 0 Å². The van der Waals surface area contributed by atoms with Crippen molar-refractivity contribution in [2.75, 3.05) is 6.54 Å². The summed E-state index contributed by atoms with van der Waals surface area (Å²) < 4.78 is 50.2. The fourth-order valence-corrected chi connectivity index (χ4v) is 2.47. The average Bonchev–Trinajstić information content (AvgIpc) is 2.71. The number of aromatic hydroxyl groups is 1. The minimum absolute atomic E-state index is 0.0621. The first-order chi connectivity index (χ1) is 12.2. The van der Waals surface area contributed by atoms with E-state index in [4.69, 9.17) is 9.31 Å². The zero-order valence-corrected chi connectivity index (χ0v) is 15.9. The standard InChI is InChI=1S/C18H23BF3NO4/c1-11(24)23-10-14(19-26-16(2,3)17(4,5)27-19)8-12-6-7-13(9-15(12)25)18(20,21)22/h6-9,25H,10H2,1-5H3,(H,23,24). The molecule has 2 N–H and O–H groups in total. The van der Waals surface area contributed by atoms with Crippen LogP contribution in [0, 0.1) is 0 Å². The lowest BCUT2D eigenvalue weighted by Gasteiger charge is -2.32. The zero-order chi connectivity index (χ0) is 20.6. The second-order valence-corrected chi connectivity index (χ2v) is 7.49. The van der Waals surface area contributed by atoms with Crippen molar-refractivity contribution in [3.05, 3.63) is 34.8 Å². The van der Waals surface area contributed by atoms with Crippen LogP contribution in [0.15, 0.2) is 23.7 Å². The fraction of sp³-hybridized carbons (Fsp3) is 0.500. The van der Waals surface area contributed by atoms with Crippen molar-refractivity contribution in [1.82, 2.24) is 5.32 Å². The van der Waals surface area contributed by atoms with E-state index < -0.39 is 35.8 Å². The molecule has 0 atom stereocenters. The van der Waals surface area contributed by atoms with Gasteiger partial charge in [-0.25, -0.2) is 0 Å². The minimum Gasteiger partial charge on any atom is -0.507 e. The molecule has 0 unspecified atom stereocenters. The van der Waals surface area contributed by atoms with Crippen LogP contribution >= 0.6 is 0 Å². The first kappa shape index (κ1) is 21.3. The number of halogens is 3. The predicted octanol–water partition coefficient (Wildman–Crippen LogP) is 3.56. The lowest BCUT2D eigenvalue weighted by Crippen LogP contribution is -2.41. The highest BCUT2D eigenvalue weighted by molar-refractivity contribution is 6.56. The van der Waals surface area contributed by atoms with Crippen molar-refractivity contribution in [3.8, 4) is 5.75 Å². The SMILES string of the molecule is CC(=O)NCC(=Cc1ccc(C(F)(F)F)cc1O)B1OC(C)(C)C(C)(C)O1. The number of alkyl halides is 3.